The summed E-state index contributed by atoms with van der Waals surface area (Å²) in [7, 11) is 0. The maximum absolute atomic E-state index is 5.72. The minimum atomic E-state index is 0.479. The first-order valence-corrected chi connectivity index (χ1v) is 10.3. The highest BCUT2D eigenvalue weighted by molar-refractivity contribution is 5.09. The Morgan fingerprint density at radius 2 is 1.83 bits per heavy atom. The molecule has 2 saturated carbocycles. The van der Waals surface area contributed by atoms with Crippen molar-refractivity contribution in [1.82, 2.24) is 10.2 Å². The first-order valence-electron chi connectivity index (χ1n) is 10.3. The predicted molar refractivity (Wildman–Crippen MR) is 96.1 cm³/mol. The van der Waals surface area contributed by atoms with Gasteiger partial charge in [-0.2, -0.15) is 0 Å². The van der Waals surface area contributed by atoms with Gasteiger partial charge in [0, 0.05) is 44.2 Å². The van der Waals surface area contributed by atoms with Crippen LogP contribution in [0.5, 0.6) is 0 Å². The molecule has 0 aromatic rings. The van der Waals surface area contributed by atoms with Crippen molar-refractivity contribution in [2.45, 2.75) is 58.0 Å². The second kappa shape index (κ2) is 7.22. The Morgan fingerprint density at radius 3 is 2.58 bits per heavy atom. The summed E-state index contributed by atoms with van der Waals surface area (Å²) in [6.07, 6.45) is 7.02. The first kappa shape index (κ1) is 17.3. The normalized spacial score (nSPS) is 40.8. The van der Waals surface area contributed by atoms with Crippen molar-refractivity contribution in [1.29, 1.82) is 0 Å². The highest BCUT2D eigenvalue weighted by atomic mass is 16.5. The molecule has 2 aliphatic heterocycles. The van der Waals surface area contributed by atoms with Crippen LogP contribution in [-0.2, 0) is 9.47 Å². The van der Waals surface area contributed by atoms with E-state index in [1.165, 1.54) is 32.1 Å². The van der Waals surface area contributed by atoms with Gasteiger partial charge in [0.1, 0.15) is 0 Å². The van der Waals surface area contributed by atoms with Crippen molar-refractivity contribution in [3.05, 3.63) is 0 Å². The summed E-state index contributed by atoms with van der Waals surface area (Å²) in [4.78, 5) is 2.67. The fraction of sp³-hybridized carbons (Fsp3) is 1.00. The van der Waals surface area contributed by atoms with E-state index in [9.17, 15) is 0 Å². The molecule has 24 heavy (non-hydrogen) atoms. The smallest absolute Gasteiger partial charge is 0.0594 e. The molecule has 1 N–H and O–H groups in total. The van der Waals surface area contributed by atoms with E-state index < -0.39 is 0 Å². The molecular formula is C20H36N2O2. The lowest BCUT2D eigenvalue weighted by Crippen LogP contribution is -2.66. The molecule has 2 saturated heterocycles. The molecule has 2 aliphatic carbocycles. The molecule has 5 atom stereocenters. The van der Waals surface area contributed by atoms with Gasteiger partial charge in [-0.05, 0) is 36.5 Å². The van der Waals surface area contributed by atoms with Gasteiger partial charge in [-0.15, -0.1) is 0 Å². The highest BCUT2D eigenvalue weighted by Crippen LogP contribution is 2.57. The fourth-order valence-electron chi connectivity index (χ4n) is 6.17. The first-order chi connectivity index (χ1) is 11.7. The topological polar surface area (TPSA) is 33.7 Å². The van der Waals surface area contributed by atoms with Gasteiger partial charge in [-0.25, -0.2) is 0 Å². The number of hydrogen-bond donors (Lipinski definition) is 1. The SMILES string of the molecule is CC1(C)[C@H](NC[C@H]([C@@H]2CCOC2)N2CCOCC2)[C@@H]2CCCC[C@@H]21. The zero-order valence-corrected chi connectivity index (χ0v) is 15.6. The zero-order valence-electron chi connectivity index (χ0n) is 15.6. The van der Waals surface area contributed by atoms with Gasteiger partial charge >= 0.3 is 0 Å². The molecule has 0 radical (unpaired) electrons. The molecule has 0 aromatic heterocycles. The van der Waals surface area contributed by atoms with Crippen molar-refractivity contribution in [2.75, 3.05) is 46.1 Å². The lowest BCUT2D eigenvalue weighted by molar-refractivity contribution is -0.0915. The summed E-state index contributed by atoms with van der Waals surface area (Å²) < 4.78 is 11.3. The van der Waals surface area contributed by atoms with E-state index in [0.29, 0.717) is 23.4 Å². The van der Waals surface area contributed by atoms with E-state index in [2.05, 4.69) is 24.1 Å². The molecular weight excluding hydrogens is 300 g/mol. The average molecular weight is 337 g/mol. The lowest BCUT2D eigenvalue weighted by atomic mass is 9.47. The molecule has 4 fully saturated rings. The number of hydrogen-bond acceptors (Lipinski definition) is 4. The quantitative estimate of drug-likeness (QED) is 0.836. The average Bonchev–Trinajstić information content (AvgIpc) is 3.13. The summed E-state index contributed by atoms with van der Waals surface area (Å²) in [6.45, 7) is 12.0. The third kappa shape index (κ3) is 3.15. The summed E-state index contributed by atoms with van der Waals surface area (Å²) in [5.41, 5.74) is 0.479. The van der Waals surface area contributed by atoms with E-state index in [4.69, 9.17) is 9.47 Å². The Morgan fingerprint density at radius 1 is 1.04 bits per heavy atom. The molecule has 0 spiro atoms. The predicted octanol–water partition coefficient (Wildman–Crippen LogP) is 2.53. The van der Waals surface area contributed by atoms with Crippen LogP contribution in [0.3, 0.4) is 0 Å². The van der Waals surface area contributed by atoms with Crippen LogP contribution in [0.2, 0.25) is 0 Å². The molecule has 0 unspecified atom stereocenters. The maximum atomic E-state index is 5.72. The van der Waals surface area contributed by atoms with E-state index in [0.717, 1.165) is 57.9 Å². The van der Waals surface area contributed by atoms with Gasteiger partial charge < -0.3 is 14.8 Å². The molecule has 4 aliphatic rings. The van der Waals surface area contributed by atoms with E-state index in [1.807, 2.05) is 0 Å². The number of rotatable bonds is 5. The van der Waals surface area contributed by atoms with Gasteiger partial charge in [0.2, 0.25) is 0 Å². The third-order valence-electron chi connectivity index (χ3n) is 7.58. The van der Waals surface area contributed by atoms with Gasteiger partial charge in [0.25, 0.3) is 0 Å². The molecule has 2 heterocycles. The van der Waals surface area contributed by atoms with Crippen LogP contribution in [0.15, 0.2) is 0 Å². The summed E-state index contributed by atoms with van der Waals surface area (Å²) in [5, 5.41) is 4.04. The van der Waals surface area contributed by atoms with Crippen LogP contribution in [-0.4, -0.2) is 63.0 Å². The molecule has 4 heteroatoms. The number of ether oxygens (including phenoxy) is 2. The van der Waals surface area contributed by atoms with E-state index in [-0.39, 0.29) is 0 Å². The molecule has 138 valence electrons. The largest absolute Gasteiger partial charge is 0.381 e. The second-order valence-electron chi connectivity index (χ2n) is 9.10. The third-order valence-corrected chi connectivity index (χ3v) is 7.58. The van der Waals surface area contributed by atoms with Crippen LogP contribution < -0.4 is 5.32 Å². The molecule has 0 amide bonds. The summed E-state index contributed by atoms with van der Waals surface area (Å²) in [6, 6.07) is 1.34. The van der Waals surface area contributed by atoms with Crippen molar-refractivity contribution in [2.24, 2.45) is 23.2 Å². The van der Waals surface area contributed by atoms with Crippen LogP contribution in [0.25, 0.3) is 0 Å². The minimum absolute atomic E-state index is 0.479. The highest BCUT2D eigenvalue weighted by Gasteiger charge is 2.56. The Bertz CT molecular complexity index is 416. The Hall–Kier alpha value is -0.160. The molecule has 4 nitrogen and oxygen atoms in total. The number of nitrogens with zero attached hydrogens (tertiary/aromatic N) is 1. The molecule has 4 rings (SSSR count). The molecule has 0 bridgehead atoms. The van der Waals surface area contributed by atoms with Crippen LogP contribution in [0.1, 0.15) is 46.0 Å². The van der Waals surface area contributed by atoms with Gasteiger partial charge in [-0.1, -0.05) is 26.7 Å². The maximum Gasteiger partial charge on any atom is 0.0594 e. The molecule has 0 aromatic carbocycles. The number of nitrogens with one attached hydrogen (secondary N) is 1. The van der Waals surface area contributed by atoms with Gasteiger partial charge in [0.05, 0.1) is 19.8 Å². The monoisotopic (exact) mass is 336 g/mol. The summed E-state index contributed by atoms with van der Waals surface area (Å²) in [5.74, 6) is 2.58. The number of fused-ring (bicyclic) bond motifs is 1. The fourth-order valence-corrected chi connectivity index (χ4v) is 6.17. The Kier molecular flexibility index (Phi) is 5.19. The zero-order chi connectivity index (χ0) is 16.6. The Labute approximate surface area is 147 Å². The van der Waals surface area contributed by atoms with Crippen LogP contribution in [0.4, 0.5) is 0 Å². The van der Waals surface area contributed by atoms with Crippen LogP contribution in [0, 0.1) is 23.2 Å². The number of morpholine rings is 1. The minimum Gasteiger partial charge on any atom is -0.381 e. The van der Waals surface area contributed by atoms with Crippen molar-refractivity contribution in [3.8, 4) is 0 Å². The Balaban J connectivity index is 1.39. The summed E-state index contributed by atoms with van der Waals surface area (Å²) >= 11 is 0. The van der Waals surface area contributed by atoms with Gasteiger partial charge in [0.15, 0.2) is 0 Å². The van der Waals surface area contributed by atoms with Gasteiger partial charge in [-0.3, -0.25) is 4.90 Å². The second-order valence-corrected chi connectivity index (χ2v) is 9.10. The van der Waals surface area contributed by atoms with E-state index in [1.54, 1.807) is 0 Å². The van der Waals surface area contributed by atoms with Crippen molar-refractivity contribution >= 4 is 0 Å². The van der Waals surface area contributed by atoms with Crippen molar-refractivity contribution in [3.63, 3.8) is 0 Å². The van der Waals surface area contributed by atoms with Crippen molar-refractivity contribution < 1.29 is 9.47 Å². The van der Waals surface area contributed by atoms with E-state index >= 15 is 0 Å². The lowest BCUT2D eigenvalue weighted by Gasteiger charge is -2.61. The standard InChI is InChI=1S/C20H36N2O2/c1-20(2)17-6-4-3-5-16(17)19(20)21-13-18(15-7-10-24-14-15)22-8-11-23-12-9-22/h15-19,21H,3-14H2,1-2H3/t15-,16-,17+,18-,19-/m1/s1. The van der Waals surface area contributed by atoms with Crippen LogP contribution >= 0.6 is 0 Å².